The van der Waals surface area contributed by atoms with E-state index in [1.165, 1.54) is 0 Å². The lowest BCUT2D eigenvalue weighted by Gasteiger charge is -2.31. The summed E-state index contributed by atoms with van der Waals surface area (Å²) in [7, 11) is 1.70. The average molecular weight is 390 g/mol. The first-order valence-electron chi connectivity index (χ1n) is 9.50. The number of rotatable bonds is 6. The molecule has 0 aliphatic carbocycles. The molecule has 0 saturated carbocycles. The molecule has 0 aliphatic rings. The maximum Gasteiger partial charge on any atom is 0.407 e. The van der Waals surface area contributed by atoms with Crippen LogP contribution in [-0.2, 0) is 10.3 Å². The van der Waals surface area contributed by atoms with Crippen molar-refractivity contribution >= 4 is 17.7 Å². The molecule has 1 atom stereocenters. The number of alkyl carbamates (subject to hydrolysis) is 1. The van der Waals surface area contributed by atoms with Crippen LogP contribution in [0.4, 0.5) is 9.59 Å². The molecule has 1 aromatic rings. The number of hydrogen-bond donors (Lipinski definition) is 2. The van der Waals surface area contributed by atoms with Gasteiger partial charge in [-0.05, 0) is 65.7 Å². The molecule has 1 rings (SSSR count). The second-order valence-corrected chi connectivity index (χ2v) is 8.84. The lowest BCUT2D eigenvalue weighted by molar-refractivity contribution is 0.0501. The lowest BCUT2D eigenvalue weighted by atomic mass is 9.92. The van der Waals surface area contributed by atoms with Crippen molar-refractivity contribution in [2.24, 2.45) is 0 Å². The van der Waals surface area contributed by atoms with E-state index >= 15 is 0 Å². The number of nitrogens with zero attached hydrogens (tertiary/aromatic N) is 1. The van der Waals surface area contributed by atoms with Gasteiger partial charge in [-0.1, -0.05) is 30.4 Å². The van der Waals surface area contributed by atoms with Crippen molar-refractivity contribution in [2.45, 2.75) is 65.6 Å². The molecule has 6 heteroatoms. The molecule has 0 fully saturated rings. The van der Waals surface area contributed by atoms with E-state index in [2.05, 4.69) is 17.2 Å². The van der Waals surface area contributed by atoms with Gasteiger partial charge >= 0.3 is 12.1 Å². The number of amides is 3. The molecule has 0 spiro atoms. The van der Waals surface area contributed by atoms with Gasteiger partial charge in [-0.25, -0.2) is 9.59 Å². The fraction of sp³-hybridized carbons (Fsp3) is 0.545. The highest BCUT2D eigenvalue weighted by Gasteiger charge is 2.26. The van der Waals surface area contributed by atoms with Crippen molar-refractivity contribution < 1.29 is 14.3 Å². The molecule has 0 radical (unpaired) electrons. The Labute approximate surface area is 169 Å². The number of likely N-dealkylation sites (N-methyl/N-ethyl adjacent to an activating group) is 1. The maximum absolute atomic E-state index is 12.7. The lowest BCUT2D eigenvalue weighted by Crippen LogP contribution is -2.51. The van der Waals surface area contributed by atoms with Crippen LogP contribution < -0.4 is 10.6 Å². The molecular weight excluding hydrogens is 354 g/mol. The molecule has 0 heterocycles. The zero-order chi connectivity index (χ0) is 21.7. The third-order valence-corrected chi connectivity index (χ3v) is 4.15. The summed E-state index contributed by atoms with van der Waals surface area (Å²) < 4.78 is 5.24. The fourth-order valence-electron chi connectivity index (χ4n) is 2.66. The molecule has 28 heavy (non-hydrogen) atoms. The summed E-state index contributed by atoms with van der Waals surface area (Å²) in [5.41, 5.74) is 1.90. The normalized spacial score (nSPS) is 12.7. The van der Waals surface area contributed by atoms with Crippen molar-refractivity contribution in [3.05, 3.63) is 42.0 Å². The molecule has 0 saturated heterocycles. The summed E-state index contributed by atoms with van der Waals surface area (Å²) in [6, 6.07) is 7.52. The highest BCUT2D eigenvalue weighted by Crippen LogP contribution is 2.23. The summed E-state index contributed by atoms with van der Waals surface area (Å²) >= 11 is 0. The van der Waals surface area contributed by atoms with Gasteiger partial charge in [0.1, 0.15) is 5.60 Å². The van der Waals surface area contributed by atoms with Crippen LogP contribution in [0.2, 0.25) is 0 Å². The van der Waals surface area contributed by atoms with Crippen molar-refractivity contribution in [1.29, 1.82) is 0 Å². The highest BCUT2D eigenvalue weighted by atomic mass is 16.6. The molecule has 1 aromatic carbocycles. The van der Waals surface area contributed by atoms with E-state index in [0.717, 1.165) is 16.7 Å². The summed E-state index contributed by atoms with van der Waals surface area (Å²) in [4.78, 5) is 26.1. The monoisotopic (exact) mass is 389 g/mol. The highest BCUT2D eigenvalue weighted by molar-refractivity contribution is 5.75. The maximum atomic E-state index is 12.7. The smallest absolute Gasteiger partial charge is 0.407 e. The number of carbonyl (C=O) groups is 2. The zero-order valence-electron chi connectivity index (χ0n) is 18.5. The number of carbonyl (C=O) groups excluding carboxylic acids is 2. The van der Waals surface area contributed by atoms with E-state index in [-0.39, 0.29) is 12.1 Å². The largest absolute Gasteiger partial charge is 0.444 e. The third kappa shape index (κ3) is 7.62. The van der Waals surface area contributed by atoms with Gasteiger partial charge in [0.15, 0.2) is 0 Å². The van der Waals surface area contributed by atoms with Crippen LogP contribution in [0.5, 0.6) is 0 Å². The van der Waals surface area contributed by atoms with Crippen LogP contribution in [0.3, 0.4) is 0 Å². The number of allylic oxidation sites excluding steroid dienone is 1. The Morgan fingerprint density at radius 1 is 1.21 bits per heavy atom. The number of benzene rings is 1. The van der Waals surface area contributed by atoms with Gasteiger partial charge in [-0.15, -0.1) is 0 Å². The molecule has 2 N–H and O–H groups in total. The van der Waals surface area contributed by atoms with Crippen molar-refractivity contribution in [2.75, 3.05) is 13.6 Å². The van der Waals surface area contributed by atoms with Crippen LogP contribution in [0, 0.1) is 0 Å². The minimum Gasteiger partial charge on any atom is -0.444 e. The Balaban J connectivity index is 2.69. The molecule has 0 aromatic heterocycles. The Bertz CT molecular complexity index is 720. The standard InChI is InChI=1S/C22H35N3O3/c1-15(2)17-11-10-12-18(13-17)22(7,8)24-19(26)25(9)14-16(3)23-20(27)28-21(4,5)6/h10-13,16H,1,14H2,2-9H3,(H,23,27)(H,24,26)/t16-/m0/s1. The molecule has 0 aliphatic heterocycles. The first kappa shape index (κ1) is 23.5. The van der Waals surface area contributed by atoms with Crippen LogP contribution >= 0.6 is 0 Å². The Kier molecular flexibility index (Phi) is 7.67. The van der Waals surface area contributed by atoms with Gasteiger partial charge in [-0.2, -0.15) is 0 Å². The summed E-state index contributed by atoms with van der Waals surface area (Å²) in [6.45, 7) is 17.5. The molecule has 6 nitrogen and oxygen atoms in total. The summed E-state index contributed by atoms with van der Waals surface area (Å²) in [5, 5.41) is 5.79. The molecular formula is C22H35N3O3. The second-order valence-electron chi connectivity index (χ2n) is 8.84. The second kappa shape index (κ2) is 9.13. The van der Waals surface area contributed by atoms with Gasteiger partial charge in [0.25, 0.3) is 0 Å². The summed E-state index contributed by atoms with van der Waals surface area (Å²) in [6.07, 6.45) is -0.495. The van der Waals surface area contributed by atoms with Gasteiger partial charge in [0.2, 0.25) is 0 Å². The van der Waals surface area contributed by atoms with Crippen molar-refractivity contribution in [3.8, 4) is 0 Å². The fourth-order valence-corrected chi connectivity index (χ4v) is 2.66. The van der Waals surface area contributed by atoms with Gasteiger partial charge in [0.05, 0.1) is 5.54 Å². The van der Waals surface area contributed by atoms with Gasteiger partial charge in [-0.3, -0.25) is 0 Å². The van der Waals surface area contributed by atoms with E-state index in [9.17, 15) is 9.59 Å². The van der Waals surface area contributed by atoms with Crippen molar-refractivity contribution in [1.82, 2.24) is 15.5 Å². The number of urea groups is 1. The van der Waals surface area contributed by atoms with E-state index in [1.54, 1.807) is 11.9 Å². The molecule has 3 amide bonds. The number of hydrogen-bond acceptors (Lipinski definition) is 3. The Morgan fingerprint density at radius 2 is 1.82 bits per heavy atom. The van der Waals surface area contributed by atoms with Crippen molar-refractivity contribution in [3.63, 3.8) is 0 Å². The first-order valence-corrected chi connectivity index (χ1v) is 9.50. The van der Waals surface area contributed by atoms with Crippen LogP contribution in [0.1, 0.15) is 59.6 Å². The first-order chi connectivity index (χ1) is 12.7. The predicted octanol–water partition coefficient (Wildman–Crippen LogP) is 4.51. The van der Waals surface area contributed by atoms with Crippen LogP contribution in [0.25, 0.3) is 5.57 Å². The minimum absolute atomic E-state index is 0.219. The van der Waals surface area contributed by atoms with E-state index in [1.807, 2.05) is 72.7 Å². The number of ether oxygens (including phenoxy) is 1. The Hall–Kier alpha value is -2.50. The number of nitrogens with one attached hydrogen (secondary N) is 2. The third-order valence-electron chi connectivity index (χ3n) is 4.15. The van der Waals surface area contributed by atoms with E-state index in [0.29, 0.717) is 6.54 Å². The molecule has 0 unspecified atom stereocenters. The minimum atomic E-state index is -0.560. The van der Waals surface area contributed by atoms with Gasteiger partial charge in [0, 0.05) is 19.6 Å². The molecule has 156 valence electrons. The zero-order valence-corrected chi connectivity index (χ0v) is 18.5. The average Bonchev–Trinajstić information content (AvgIpc) is 2.52. The predicted molar refractivity (Wildman–Crippen MR) is 114 cm³/mol. The van der Waals surface area contributed by atoms with Crippen LogP contribution in [-0.4, -0.2) is 42.3 Å². The topological polar surface area (TPSA) is 70.7 Å². The van der Waals surface area contributed by atoms with E-state index < -0.39 is 17.2 Å². The van der Waals surface area contributed by atoms with E-state index in [4.69, 9.17) is 4.74 Å². The van der Waals surface area contributed by atoms with Crippen LogP contribution in [0.15, 0.2) is 30.8 Å². The quantitative estimate of drug-likeness (QED) is 0.752. The summed E-state index contributed by atoms with van der Waals surface area (Å²) in [5.74, 6) is 0. The Morgan fingerprint density at radius 3 is 2.36 bits per heavy atom. The SMILES string of the molecule is C=C(C)c1cccc(C(C)(C)NC(=O)N(C)C[C@H](C)NC(=O)OC(C)(C)C)c1. The molecule has 0 bridgehead atoms. The van der Waals surface area contributed by atoms with Gasteiger partial charge < -0.3 is 20.3 Å².